The molecule has 2 aliphatic rings. The molecule has 0 spiro atoms. The fourth-order valence-electron chi connectivity index (χ4n) is 4.32. The normalized spacial score (nSPS) is 20.7. The van der Waals surface area contributed by atoms with Crippen LogP contribution in [-0.2, 0) is 11.2 Å². The molecule has 0 aliphatic carbocycles. The lowest BCUT2D eigenvalue weighted by Crippen LogP contribution is -2.35. The van der Waals surface area contributed by atoms with E-state index < -0.39 is 5.91 Å². The fourth-order valence-corrected chi connectivity index (χ4v) is 4.32. The van der Waals surface area contributed by atoms with Crippen molar-refractivity contribution in [3.05, 3.63) is 41.1 Å². The summed E-state index contributed by atoms with van der Waals surface area (Å²) in [6, 6.07) is 10.3. The van der Waals surface area contributed by atoms with Gasteiger partial charge in [0, 0.05) is 35.3 Å². The van der Waals surface area contributed by atoms with Crippen molar-refractivity contribution in [3.8, 4) is 22.9 Å². The Hall–Kier alpha value is -3.11. The second-order valence-corrected chi connectivity index (χ2v) is 7.12. The number of nitrogen functional groups attached to an aromatic ring is 1. The van der Waals surface area contributed by atoms with Crippen molar-refractivity contribution < 1.29 is 9.53 Å². The molecule has 0 unspecified atom stereocenters. The number of pyridine rings is 1. The summed E-state index contributed by atoms with van der Waals surface area (Å²) in [4.78, 5) is 17.9. The number of nitrogens with zero attached hydrogens (tertiary/aromatic N) is 3. The summed E-state index contributed by atoms with van der Waals surface area (Å²) in [6.45, 7) is -0.196. The van der Waals surface area contributed by atoms with E-state index >= 15 is 0 Å². The van der Waals surface area contributed by atoms with Gasteiger partial charge in [0.1, 0.15) is 23.2 Å². The lowest BCUT2D eigenvalue weighted by molar-refractivity contribution is -0.119. The van der Waals surface area contributed by atoms with E-state index in [9.17, 15) is 10.1 Å². The maximum absolute atomic E-state index is 11.0. The number of hydrogen-bond donors (Lipinski definition) is 2. The molecule has 1 fully saturated rings. The van der Waals surface area contributed by atoms with E-state index in [4.69, 9.17) is 16.2 Å². The monoisotopic (exact) mass is 363 g/mol. The Morgan fingerprint density at radius 1 is 1.44 bits per heavy atom. The van der Waals surface area contributed by atoms with Crippen LogP contribution in [0.4, 0.5) is 5.82 Å². The average molecular weight is 363 g/mol. The lowest BCUT2D eigenvalue weighted by atomic mass is 9.87. The molecule has 1 amide bonds. The van der Waals surface area contributed by atoms with Crippen molar-refractivity contribution in [2.24, 2.45) is 5.73 Å². The first-order chi connectivity index (χ1) is 13.0. The first kappa shape index (κ1) is 17.3. The molecule has 4 N–H and O–H groups in total. The Bertz CT molecular complexity index is 966. The van der Waals surface area contributed by atoms with Crippen LogP contribution >= 0.6 is 0 Å². The molecule has 7 heteroatoms. The molecule has 4 rings (SSSR count). The lowest BCUT2D eigenvalue weighted by Gasteiger charge is -2.34. The summed E-state index contributed by atoms with van der Waals surface area (Å²) in [7, 11) is 2.13. The van der Waals surface area contributed by atoms with Crippen LogP contribution < -0.4 is 16.2 Å². The Kier molecular flexibility index (Phi) is 4.21. The van der Waals surface area contributed by atoms with E-state index in [0.29, 0.717) is 17.4 Å². The maximum Gasteiger partial charge on any atom is 0.255 e. The molecule has 138 valence electrons. The summed E-state index contributed by atoms with van der Waals surface area (Å²) < 4.78 is 5.45. The number of anilines is 1. The van der Waals surface area contributed by atoms with E-state index in [-0.39, 0.29) is 18.5 Å². The molecule has 2 aromatic rings. The highest BCUT2D eigenvalue weighted by atomic mass is 16.5. The zero-order chi connectivity index (χ0) is 19.1. The van der Waals surface area contributed by atoms with Crippen LogP contribution in [-0.4, -0.2) is 35.5 Å². The van der Waals surface area contributed by atoms with E-state index in [1.165, 1.54) is 0 Å². The van der Waals surface area contributed by atoms with Crippen molar-refractivity contribution in [1.29, 1.82) is 5.26 Å². The van der Waals surface area contributed by atoms with Gasteiger partial charge < -0.3 is 16.2 Å². The van der Waals surface area contributed by atoms with E-state index in [1.54, 1.807) is 6.07 Å². The van der Waals surface area contributed by atoms with Crippen molar-refractivity contribution in [1.82, 2.24) is 9.88 Å². The number of rotatable bonds is 4. The van der Waals surface area contributed by atoms with Gasteiger partial charge >= 0.3 is 0 Å². The predicted molar refractivity (Wildman–Crippen MR) is 101 cm³/mol. The third-order valence-corrected chi connectivity index (χ3v) is 5.56. The number of nitriles is 1. The van der Waals surface area contributed by atoms with Crippen LogP contribution in [0.2, 0.25) is 0 Å². The summed E-state index contributed by atoms with van der Waals surface area (Å²) in [6.07, 6.45) is 2.99. The Balaban J connectivity index is 1.88. The number of fused-ring (bicyclic) bond motifs is 4. The van der Waals surface area contributed by atoms with Gasteiger partial charge in [-0.2, -0.15) is 5.26 Å². The maximum atomic E-state index is 11.0. The van der Waals surface area contributed by atoms with Gasteiger partial charge in [0.25, 0.3) is 5.91 Å². The van der Waals surface area contributed by atoms with Crippen molar-refractivity contribution in [2.75, 3.05) is 19.4 Å². The molecule has 7 nitrogen and oxygen atoms in total. The molecular formula is C20H21N5O2. The van der Waals surface area contributed by atoms with Crippen LogP contribution in [0.15, 0.2) is 24.3 Å². The largest absolute Gasteiger partial charge is 0.484 e. The van der Waals surface area contributed by atoms with Crippen LogP contribution in [0, 0.1) is 11.3 Å². The number of benzene rings is 1. The van der Waals surface area contributed by atoms with Crippen molar-refractivity contribution >= 4 is 11.7 Å². The van der Waals surface area contributed by atoms with Crippen LogP contribution in [0.1, 0.15) is 35.7 Å². The first-order valence-electron chi connectivity index (χ1n) is 8.95. The minimum Gasteiger partial charge on any atom is -0.484 e. The number of ether oxygens (including phenoxy) is 1. The fraction of sp³-hybridized carbons (Fsp3) is 0.350. The number of nitrogens with two attached hydrogens (primary N) is 2. The van der Waals surface area contributed by atoms with Gasteiger partial charge in [-0.1, -0.05) is 12.1 Å². The molecule has 0 radical (unpaired) electrons. The van der Waals surface area contributed by atoms with Crippen molar-refractivity contribution in [2.45, 2.75) is 31.3 Å². The molecular weight excluding hydrogens is 342 g/mol. The third-order valence-electron chi connectivity index (χ3n) is 5.56. The molecule has 2 aliphatic heterocycles. The average Bonchev–Trinajstić information content (AvgIpc) is 2.88. The summed E-state index contributed by atoms with van der Waals surface area (Å²) in [5.41, 5.74) is 15.4. The van der Waals surface area contributed by atoms with Gasteiger partial charge in [0.05, 0.1) is 0 Å². The summed E-state index contributed by atoms with van der Waals surface area (Å²) in [5.74, 6) is 0.244. The van der Waals surface area contributed by atoms with Gasteiger partial charge in [-0.05, 0) is 37.6 Å². The highest BCUT2D eigenvalue weighted by Crippen LogP contribution is 2.47. The number of carbonyl (C=O) groups is 1. The molecule has 1 aromatic heterocycles. The summed E-state index contributed by atoms with van der Waals surface area (Å²) in [5, 5.41) is 9.77. The number of likely N-dealkylation sites (N-methyl/N-ethyl adjacent to an activating group) is 1. The Morgan fingerprint density at radius 2 is 2.26 bits per heavy atom. The number of carbonyl (C=O) groups excluding carboxylic acids is 1. The first-order valence-corrected chi connectivity index (χ1v) is 8.95. The van der Waals surface area contributed by atoms with E-state index in [0.717, 1.165) is 41.6 Å². The smallest absolute Gasteiger partial charge is 0.255 e. The minimum atomic E-state index is -0.540. The molecule has 1 aromatic carbocycles. The predicted octanol–water partition coefficient (Wildman–Crippen LogP) is 1.76. The second kappa shape index (κ2) is 6.56. The molecule has 2 atom stereocenters. The summed E-state index contributed by atoms with van der Waals surface area (Å²) >= 11 is 0. The number of amides is 1. The molecule has 0 saturated carbocycles. The van der Waals surface area contributed by atoms with Gasteiger partial charge in [-0.15, -0.1) is 0 Å². The van der Waals surface area contributed by atoms with Crippen LogP contribution in [0.25, 0.3) is 11.1 Å². The second-order valence-electron chi connectivity index (χ2n) is 7.12. The molecule has 1 saturated heterocycles. The standard InChI is InChI=1S/C20H21N5O2/c1-25-12-5-6-16(25)19-15(8-12)24-20(23)14(9-21)18(19)11-3-2-4-13(7-11)27-10-17(22)26/h2-4,7,12,16H,5-6,8,10H2,1H3,(H2,22,26)(H2,23,24)/t12-,16+/m0/s1. The highest BCUT2D eigenvalue weighted by Gasteiger charge is 2.41. The molecule has 3 heterocycles. The molecule has 27 heavy (non-hydrogen) atoms. The van der Waals surface area contributed by atoms with Crippen LogP contribution in [0.5, 0.6) is 5.75 Å². The van der Waals surface area contributed by atoms with Gasteiger partial charge in [0.2, 0.25) is 0 Å². The molecule has 2 bridgehead atoms. The van der Waals surface area contributed by atoms with E-state index in [1.807, 2.05) is 18.2 Å². The van der Waals surface area contributed by atoms with Gasteiger partial charge in [-0.3, -0.25) is 9.69 Å². The quantitative estimate of drug-likeness (QED) is 0.854. The number of aromatic nitrogens is 1. The SMILES string of the molecule is CN1[C@H]2CC[C@@H]1c1c(nc(N)c(C#N)c1-c1cccc(OCC(N)=O)c1)C2. The Labute approximate surface area is 157 Å². The highest BCUT2D eigenvalue weighted by molar-refractivity contribution is 5.81. The topological polar surface area (TPSA) is 118 Å². The third kappa shape index (κ3) is 2.88. The van der Waals surface area contributed by atoms with Gasteiger partial charge in [0.15, 0.2) is 6.61 Å². The number of hydrogen-bond acceptors (Lipinski definition) is 6. The number of primary amides is 1. The van der Waals surface area contributed by atoms with Crippen LogP contribution in [0.3, 0.4) is 0 Å². The van der Waals surface area contributed by atoms with Gasteiger partial charge in [-0.25, -0.2) is 4.98 Å². The van der Waals surface area contributed by atoms with E-state index in [2.05, 4.69) is 23.0 Å². The zero-order valence-corrected chi connectivity index (χ0v) is 15.1. The minimum absolute atomic E-state index is 0.196. The van der Waals surface area contributed by atoms with Crippen molar-refractivity contribution in [3.63, 3.8) is 0 Å². The Morgan fingerprint density at radius 3 is 3.00 bits per heavy atom. The zero-order valence-electron chi connectivity index (χ0n) is 15.1.